The molecule has 1 saturated heterocycles. The molecule has 0 bridgehead atoms. The summed E-state index contributed by atoms with van der Waals surface area (Å²) in [6, 6.07) is 8.60. The number of hydrogen-bond acceptors (Lipinski definition) is 3. The number of anilines is 1. The molecular weight excluding hydrogens is 236 g/mol. The van der Waals surface area contributed by atoms with Crippen LogP contribution < -0.4 is 10.2 Å². The van der Waals surface area contributed by atoms with Crippen molar-refractivity contribution in [2.75, 3.05) is 44.8 Å². The van der Waals surface area contributed by atoms with Gasteiger partial charge < -0.3 is 14.8 Å². The van der Waals surface area contributed by atoms with Gasteiger partial charge in [0.1, 0.15) is 0 Å². The predicted molar refractivity (Wildman–Crippen MR) is 80.6 cm³/mol. The average molecular weight is 258 g/mol. The van der Waals surface area contributed by atoms with Gasteiger partial charge in [0.25, 0.3) is 0 Å². The summed E-state index contributed by atoms with van der Waals surface area (Å²) in [7, 11) is 4.30. The second kappa shape index (κ2) is 5.23. The highest BCUT2D eigenvalue weighted by Gasteiger charge is 2.14. The van der Waals surface area contributed by atoms with Crippen molar-refractivity contribution in [1.29, 1.82) is 0 Å². The number of rotatable bonds is 3. The van der Waals surface area contributed by atoms with Gasteiger partial charge in [0, 0.05) is 57.4 Å². The topological polar surface area (TPSA) is 23.4 Å². The Labute approximate surface area is 114 Å². The fourth-order valence-electron chi connectivity index (χ4n) is 2.85. The van der Waals surface area contributed by atoms with E-state index in [-0.39, 0.29) is 0 Å². The van der Waals surface area contributed by atoms with Crippen molar-refractivity contribution >= 4 is 16.6 Å². The third-order valence-corrected chi connectivity index (χ3v) is 3.91. The molecule has 2 heterocycles. The van der Waals surface area contributed by atoms with Crippen LogP contribution in [0.4, 0.5) is 5.69 Å². The number of piperazine rings is 1. The minimum absolute atomic E-state index is 0.996. The molecule has 0 saturated carbocycles. The maximum atomic E-state index is 3.40. The molecule has 4 heteroatoms. The Hall–Kier alpha value is -1.52. The molecule has 3 rings (SSSR count). The van der Waals surface area contributed by atoms with E-state index in [0.29, 0.717) is 0 Å². The Bertz CT molecular complexity index is 554. The number of para-hydroxylation sites is 1. The number of aryl methyl sites for hydroxylation is 1. The van der Waals surface area contributed by atoms with Crippen molar-refractivity contribution in [3.8, 4) is 0 Å². The van der Waals surface area contributed by atoms with Gasteiger partial charge in [-0.25, -0.2) is 0 Å². The van der Waals surface area contributed by atoms with Crippen LogP contribution >= 0.6 is 0 Å². The van der Waals surface area contributed by atoms with E-state index in [2.05, 4.69) is 64.2 Å². The van der Waals surface area contributed by atoms with Crippen LogP contribution in [0.1, 0.15) is 0 Å². The van der Waals surface area contributed by atoms with Crippen LogP contribution in [-0.2, 0) is 7.05 Å². The van der Waals surface area contributed by atoms with Crippen molar-refractivity contribution in [2.45, 2.75) is 0 Å². The summed E-state index contributed by atoms with van der Waals surface area (Å²) in [6.07, 6.45) is 2.23. The lowest BCUT2D eigenvalue weighted by Crippen LogP contribution is -2.47. The van der Waals surface area contributed by atoms with Crippen LogP contribution in [0.3, 0.4) is 0 Å². The molecule has 4 nitrogen and oxygen atoms in total. The van der Waals surface area contributed by atoms with Crippen molar-refractivity contribution < 1.29 is 0 Å². The van der Waals surface area contributed by atoms with Gasteiger partial charge in [-0.2, -0.15) is 0 Å². The van der Waals surface area contributed by atoms with Gasteiger partial charge in [0.15, 0.2) is 0 Å². The van der Waals surface area contributed by atoms with Gasteiger partial charge in [-0.15, -0.1) is 0 Å². The Kier molecular flexibility index (Phi) is 3.44. The molecule has 1 aromatic heterocycles. The Balaban J connectivity index is 1.82. The highest BCUT2D eigenvalue weighted by atomic mass is 15.3. The lowest BCUT2D eigenvalue weighted by Gasteiger charge is -2.32. The minimum atomic E-state index is 0.996. The van der Waals surface area contributed by atoms with Crippen LogP contribution in [0, 0.1) is 0 Å². The number of nitrogens with zero attached hydrogens (tertiary/aromatic N) is 3. The largest absolute Gasteiger partial charge is 0.360 e. The summed E-state index contributed by atoms with van der Waals surface area (Å²) in [5.41, 5.74) is 2.61. The Morgan fingerprint density at radius 3 is 2.74 bits per heavy atom. The first-order valence-electron chi connectivity index (χ1n) is 6.94. The zero-order valence-corrected chi connectivity index (χ0v) is 11.8. The van der Waals surface area contributed by atoms with Gasteiger partial charge in [0.05, 0.1) is 12.4 Å². The van der Waals surface area contributed by atoms with E-state index in [1.165, 1.54) is 16.6 Å². The van der Waals surface area contributed by atoms with E-state index in [9.17, 15) is 0 Å². The minimum Gasteiger partial charge on any atom is -0.360 e. The number of hydrogen-bond donors (Lipinski definition) is 1. The zero-order valence-electron chi connectivity index (χ0n) is 11.8. The molecule has 102 valence electrons. The molecule has 0 spiro atoms. The first-order valence-corrected chi connectivity index (χ1v) is 6.94. The molecule has 1 aliphatic heterocycles. The SMILES string of the molecule is CN(CN1CCNCC1)c1cn(C)c2ccccc12. The molecule has 1 fully saturated rings. The van der Waals surface area contributed by atoms with Crippen molar-refractivity contribution in [3.63, 3.8) is 0 Å². The standard InChI is InChI=1S/C15H22N4/c1-17-11-15(13-5-3-4-6-14(13)17)18(2)12-19-9-7-16-8-10-19/h3-6,11,16H,7-10,12H2,1-2H3. The summed E-state index contributed by atoms with van der Waals surface area (Å²) < 4.78 is 2.21. The van der Waals surface area contributed by atoms with Gasteiger partial charge in [-0.1, -0.05) is 18.2 Å². The van der Waals surface area contributed by atoms with E-state index >= 15 is 0 Å². The fraction of sp³-hybridized carbons (Fsp3) is 0.467. The van der Waals surface area contributed by atoms with E-state index in [4.69, 9.17) is 0 Å². The summed E-state index contributed by atoms with van der Waals surface area (Å²) in [4.78, 5) is 4.85. The van der Waals surface area contributed by atoms with Crippen LogP contribution in [0.2, 0.25) is 0 Å². The predicted octanol–water partition coefficient (Wildman–Crippen LogP) is 1.48. The molecule has 1 aliphatic rings. The number of benzene rings is 1. The highest BCUT2D eigenvalue weighted by Crippen LogP contribution is 2.27. The molecule has 2 aromatic rings. The van der Waals surface area contributed by atoms with Gasteiger partial charge in [-0.05, 0) is 6.07 Å². The van der Waals surface area contributed by atoms with Crippen LogP contribution in [0.5, 0.6) is 0 Å². The third-order valence-electron chi connectivity index (χ3n) is 3.91. The number of aromatic nitrogens is 1. The molecule has 1 aromatic carbocycles. The van der Waals surface area contributed by atoms with Crippen LogP contribution in [-0.4, -0.2) is 49.4 Å². The lowest BCUT2D eigenvalue weighted by molar-refractivity contribution is 0.244. The van der Waals surface area contributed by atoms with Gasteiger partial charge in [0.2, 0.25) is 0 Å². The average Bonchev–Trinajstić information content (AvgIpc) is 2.78. The summed E-state index contributed by atoms with van der Waals surface area (Å²) in [6.45, 7) is 5.46. The van der Waals surface area contributed by atoms with Gasteiger partial charge >= 0.3 is 0 Å². The first-order chi connectivity index (χ1) is 9.25. The van der Waals surface area contributed by atoms with Crippen molar-refractivity contribution in [1.82, 2.24) is 14.8 Å². The molecule has 19 heavy (non-hydrogen) atoms. The summed E-state index contributed by atoms with van der Waals surface area (Å²) in [5, 5.41) is 4.73. The third kappa shape index (κ3) is 2.46. The molecular formula is C15H22N4. The van der Waals surface area contributed by atoms with Crippen molar-refractivity contribution in [2.24, 2.45) is 7.05 Å². The maximum Gasteiger partial charge on any atom is 0.0705 e. The second-order valence-corrected chi connectivity index (χ2v) is 5.35. The Morgan fingerprint density at radius 1 is 1.21 bits per heavy atom. The molecule has 0 unspecified atom stereocenters. The quantitative estimate of drug-likeness (QED) is 0.902. The first kappa shape index (κ1) is 12.5. The highest BCUT2D eigenvalue weighted by molar-refractivity contribution is 5.93. The fourth-order valence-corrected chi connectivity index (χ4v) is 2.85. The second-order valence-electron chi connectivity index (χ2n) is 5.35. The monoisotopic (exact) mass is 258 g/mol. The lowest BCUT2D eigenvalue weighted by atomic mass is 10.2. The molecule has 0 radical (unpaired) electrons. The number of nitrogens with one attached hydrogen (secondary N) is 1. The summed E-state index contributed by atoms with van der Waals surface area (Å²) in [5.74, 6) is 0. The van der Waals surface area contributed by atoms with E-state index in [0.717, 1.165) is 32.8 Å². The molecule has 0 atom stereocenters. The maximum absolute atomic E-state index is 3.40. The van der Waals surface area contributed by atoms with Crippen molar-refractivity contribution in [3.05, 3.63) is 30.5 Å². The molecule has 0 amide bonds. The molecule has 0 aliphatic carbocycles. The number of fused-ring (bicyclic) bond motifs is 1. The van der Waals surface area contributed by atoms with E-state index < -0.39 is 0 Å². The van der Waals surface area contributed by atoms with Crippen LogP contribution in [0.15, 0.2) is 30.5 Å². The normalized spacial score (nSPS) is 16.9. The van der Waals surface area contributed by atoms with Crippen LogP contribution in [0.25, 0.3) is 10.9 Å². The smallest absolute Gasteiger partial charge is 0.0705 e. The Morgan fingerprint density at radius 2 is 1.95 bits per heavy atom. The molecule has 1 N–H and O–H groups in total. The van der Waals surface area contributed by atoms with E-state index in [1.807, 2.05) is 0 Å². The summed E-state index contributed by atoms with van der Waals surface area (Å²) >= 11 is 0. The van der Waals surface area contributed by atoms with E-state index in [1.54, 1.807) is 0 Å². The zero-order chi connectivity index (χ0) is 13.2. The van der Waals surface area contributed by atoms with Gasteiger partial charge in [-0.3, -0.25) is 4.90 Å².